The van der Waals surface area contributed by atoms with Crippen LogP contribution < -0.4 is 10.6 Å². The van der Waals surface area contributed by atoms with Gasteiger partial charge in [-0.3, -0.25) is 14.0 Å². The van der Waals surface area contributed by atoms with Gasteiger partial charge >= 0.3 is 0 Å². The van der Waals surface area contributed by atoms with Crippen molar-refractivity contribution in [3.8, 4) is 23.1 Å². The SMILES string of the molecule is CC#CC(=O)N1CCN(c2nc(-c3ccc(C(=O)c4ccccc4)cc3)c3c(N)nccn23)C1. The maximum atomic E-state index is 12.8. The van der Waals surface area contributed by atoms with Crippen LogP contribution in [0.3, 0.4) is 0 Å². The van der Waals surface area contributed by atoms with Gasteiger partial charge in [-0.1, -0.05) is 60.5 Å². The van der Waals surface area contributed by atoms with Gasteiger partial charge in [0.2, 0.25) is 5.95 Å². The third-order valence-corrected chi connectivity index (χ3v) is 5.80. The highest BCUT2D eigenvalue weighted by Crippen LogP contribution is 2.32. The van der Waals surface area contributed by atoms with E-state index in [1.807, 2.05) is 39.6 Å². The van der Waals surface area contributed by atoms with Crippen LogP contribution in [0.15, 0.2) is 67.0 Å². The number of anilines is 2. The number of ketones is 1. The van der Waals surface area contributed by atoms with Gasteiger partial charge in [-0.15, -0.1) is 0 Å². The number of rotatable bonds is 4. The average Bonchev–Trinajstić information content (AvgIpc) is 3.50. The molecule has 8 heteroatoms. The zero-order chi connectivity index (χ0) is 23.7. The number of nitrogen functional groups attached to an aromatic ring is 1. The minimum Gasteiger partial charge on any atom is -0.382 e. The first-order valence-corrected chi connectivity index (χ1v) is 10.9. The standard InChI is InChI=1S/C26H22N6O2/c1-2-6-21(33)30-15-16-31(17-30)26-29-22(23-25(27)28-13-14-32(23)26)18-9-11-20(12-10-18)24(34)19-7-4-3-5-8-19/h3-5,7-14H,15-17H2,1H3,(H2,27,28). The molecule has 0 unspecified atom stereocenters. The van der Waals surface area contributed by atoms with Crippen molar-refractivity contribution in [1.29, 1.82) is 0 Å². The third kappa shape index (κ3) is 3.73. The maximum Gasteiger partial charge on any atom is 0.299 e. The van der Waals surface area contributed by atoms with E-state index in [1.54, 1.807) is 48.5 Å². The Labute approximate surface area is 196 Å². The number of fused-ring (bicyclic) bond motifs is 1. The second-order valence-electron chi connectivity index (χ2n) is 7.91. The van der Waals surface area contributed by atoms with Gasteiger partial charge in [0.05, 0.1) is 6.67 Å². The molecule has 34 heavy (non-hydrogen) atoms. The summed E-state index contributed by atoms with van der Waals surface area (Å²) in [6, 6.07) is 16.5. The summed E-state index contributed by atoms with van der Waals surface area (Å²) in [5.41, 5.74) is 9.64. The van der Waals surface area contributed by atoms with Crippen molar-refractivity contribution < 1.29 is 9.59 Å². The van der Waals surface area contributed by atoms with Crippen LogP contribution in [0.1, 0.15) is 22.8 Å². The Kier molecular flexibility index (Phi) is 5.44. The zero-order valence-corrected chi connectivity index (χ0v) is 18.6. The van der Waals surface area contributed by atoms with E-state index >= 15 is 0 Å². The summed E-state index contributed by atoms with van der Waals surface area (Å²) in [5, 5.41) is 0. The van der Waals surface area contributed by atoms with Crippen LogP contribution >= 0.6 is 0 Å². The summed E-state index contributed by atoms with van der Waals surface area (Å²) in [4.78, 5) is 37.8. The Balaban J connectivity index is 1.50. The number of carbonyl (C=O) groups is 2. The van der Waals surface area contributed by atoms with Crippen LogP contribution in [0.4, 0.5) is 11.8 Å². The molecule has 1 saturated heterocycles. The minimum atomic E-state index is -0.203. The molecule has 0 bridgehead atoms. The molecule has 0 saturated carbocycles. The number of aromatic nitrogens is 3. The summed E-state index contributed by atoms with van der Waals surface area (Å²) in [5.74, 6) is 6.02. The van der Waals surface area contributed by atoms with Gasteiger partial charge in [0, 0.05) is 42.2 Å². The zero-order valence-electron chi connectivity index (χ0n) is 18.6. The molecule has 0 spiro atoms. The number of nitrogens with zero attached hydrogens (tertiary/aromatic N) is 5. The lowest BCUT2D eigenvalue weighted by Gasteiger charge is -2.17. The van der Waals surface area contributed by atoms with Crippen molar-refractivity contribution in [3.63, 3.8) is 0 Å². The molecule has 1 fully saturated rings. The summed E-state index contributed by atoms with van der Waals surface area (Å²) < 4.78 is 1.89. The monoisotopic (exact) mass is 450 g/mol. The molecule has 0 radical (unpaired) electrons. The normalized spacial score (nSPS) is 13.1. The number of amides is 1. The molecule has 0 atom stereocenters. The van der Waals surface area contributed by atoms with Crippen molar-refractivity contribution >= 4 is 29.0 Å². The topological polar surface area (TPSA) is 96.8 Å². The Morgan fingerprint density at radius 1 is 1.00 bits per heavy atom. The quantitative estimate of drug-likeness (QED) is 0.379. The highest BCUT2D eigenvalue weighted by molar-refractivity contribution is 6.09. The molecular weight excluding hydrogens is 428 g/mol. The molecular formula is C26H22N6O2. The second kappa shape index (κ2) is 8.71. The van der Waals surface area contributed by atoms with Crippen LogP contribution in [0, 0.1) is 11.8 Å². The smallest absolute Gasteiger partial charge is 0.299 e. The fourth-order valence-corrected chi connectivity index (χ4v) is 4.11. The maximum absolute atomic E-state index is 12.8. The number of benzene rings is 2. The average molecular weight is 451 g/mol. The summed E-state index contributed by atoms with van der Waals surface area (Å²) in [6.07, 6.45) is 3.43. The van der Waals surface area contributed by atoms with E-state index in [0.29, 0.717) is 53.9 Å². The molecule has 0 aliphatic carbocycles. The number of imidazole rings is 1. The molecule has 8 nitrogen and oxygen atoms in total. The highest BCUT2D eigenvalue weighted by Gasteiger charge is 2.28. The minimum absolute atomic E-state index is 0.0410. The van der Waals surface area contributed by atoms with Crippen molar-refractivity contribution in [2.45, 2.75) is 6.92 Å². The van der Waals surface area contributed by atoms with Gasteiger partial charge in [0.1, 0.15) is 17.0 Å². The first-order valence-electron chi connectivity index (χ1n) is 10.9. The molecule has 168 valence electrons. The number of nitrogens with two attached hydrogens (primary N) is 1. The summed E-state index contributed by atoms with van der Waals surface area (Å²) in [7, 11) is 0. The van der Waals surface area contributed by atoms with E-state index < -0.39 is 0 Å². The lowest BCUT2D eigenvalue weighted by Crippen LogP contribution is -2.30. The van der Waals surface area contributed by atoms with Crippen LogP contribution in [0.5, 0.6) is 0 Å². The van der Waals surface area contributed by atoms with Crippen LogP contribution in [-0.4, -0.2) is 50.7 Å². The molecule has 1 aliphatic rings. The fraction of sp³-hybridized carbons (Fsp3) is 0.154. The summed E-state index contributed by atoms with van der Waals surface area (Å²) >= 11 is 0. The molecule has 2 aromatic carbocycles. The third-order valence-electron chi connectivity index (χ3n) is 5.80. The van der Waals surface area contributed by atoms with Gasteiger partial charge in [-0.25, -0.2) is 9.97 Å². The number of hydrogen-bond donors (Lipinski definition) is 1. The van der Waals surface area contributed by atoms with Crippen molar-refractivity contribution in [2.75, 3.05) is 30.4 Å². The molecule has 3 heterocycles. The van der Waals surface area contributed by atoms with E-state index in [2.05, 4.69) is 16.8 Å². The van der Waals surface area contributed by atoms with E-state index in [1.165, 1.54) is 0 Å². The van der Waals surface area contributed by atoms with Crippen molar-refractivity contribution in [3.05, 3.63) is 78.1 Å². The summed E-state index contributed by atoms with van der Waals surface area (Å²) in [6.45, 7) is 3.23. The highest BCUT2D eigenvalue weighted by atomic mass is 16.2. The van der Waals surface area contributed by atoms with E-state index in [0.717, 1.165) is 5.56 Å². The van der Waals surface area contributed by atoms with Crippen LogP contribution in [0.2, 0.25) is 0 Å². The predicted molar refractivity (Wildman–Crippen MR) is 130 cm³/mol. The Morgan fingerprint density at radius 2 is 1.74 bits per heavy atom. The molecule has 2 aromatic heterocycles. The first kappa shape index (κ1) is 21.2. The van der Waals surface area contributed by atoms with Gasteiger partial charge < -0.3 is 15.5 Å². The lowest BCUT2D eigenvalue weighted by atomic mass is 10.0. The Hall–Kier alpha value is -4.64. The Bertz CT molecular complexity index is 1450. The van der Waals surface area contributed by atoms with Gasteiger partial charge in [0.25, 0.3) is 5.91 Å². The van der Waals surface area contributed by atoms with Crippen LogP contribution in [-0.2, 0) is 4.79 Å². The largest absolute Gasteiger partial charge is 0.382 e. The number of carbonyl (C=O) groups excluding carboxylic acids is 2. The molecule has 4 aromatic rings. The van der Waals surface area contributed by atoms with Gasteiger partial charge in [0.15, 0.2) is 5.78 Å². The Morgan fingerprint density at radius 3 is 2.47 bits per heavy atom. The van der Waals surface area contributed by atoms with Crippen molar-refractivity contribution in [1.82, 2.24) is 19.3 Å². The molecule has 1 amide bonds. The van der Waals surface area contributed by atoms with E-state index in [9.17, 15) is 9.59 Å². The number of hydrogen-bond acceptors (Lipinski definition) is 6. The lowest BCUT2D eigenvalue weighted by molar-refractivity contribution is -0.124. The van der Waals surface area contributed by atoms with Gasteiger partial charge in [-0.2, -0.15) is 0 Å². The first-order chi connectivity index (χ1) is 16.6. The van der Waals surface area contributed by atoms with E-state index in [4.69, 9.17) is 10.7 Å². The second-order valence-corrected chi connectivity index (χ2v) is 7.91. The van der Waals surface area contributed by atoms with Crippen LogP contribution in [0.25, 0.3) is 16.8 Å². The van der Waals surface area contributed by atoms with Gasteiger partial charge in [-0.05, 0) is 12.8 Å². The molecule has 2 N–H and O–H groups in total. The van der Waals surface area contributed by atoms with Crippen molar-refractivity contribution in [2.24, 2.45) is 0 Å². The van der Waals surface area contributed by atoms with E-state index in [-0.39, 0.29) is 11.7 Å². The predicted octanol–water partition coefficient (Wildman–Crippen LogP) is 2.84. The fourth-order valence-electron chi connectivity index (χ4n) is 4.11. The molecule has 1 aliphatic heterocycles. The molecule has 5 rings (SSSR count).